The summed E-state index contributed by atoms with van der Waals surface area (Å²) in [5.74, 6) is 1.15. The number of pyridine rings is 1. The molecule has 18 heavy (non-hydrogen) atoms. The van der Waals surface area contributed by atoms with Crippen molar-refractivity contribution in [2.45, 2.75) is 18.9 Å². The predicted molar refractivity (Wildman–Crippen MR) is 72.9 cm³/mol. The maximum Gasteiger partial charge on any atom is 0.244 e. The van der Waals surface area contributed by atoms with Gasteiger partial charge in [-0.3, -0.25) is 4.98 Å². The highest BCUT2D eigenvalue weighted by Crippen LogP contribution is 2.28. The highest BCUT2D eigenvalue weighted by atomic mass is 79.9. The summed E-state index contributed by atoms with van der Waals surface area (Å²) in [6.45, 7) is 1.00. The van der Waals surface area contributed by atoms with E-state index in [1.807, 2.05) is 6.07 Å². The Hall–Kier alpha value is -0.790. The predicted octanol–water partition coefficient (Wildman–Crippen LogP) is 3.08. The molecule has 1 fully saturated rings. The Balaban J connectivity index is 1.92. The van der Waals surface area contributed by atoms with Gasteiger partial charge < -0.3 is 9.84 Å². The second-order valence-corrected chi connectivity index (χ2v) is 5.86. The highest BCUT2D eigenvalue weighted by Gasteiger charge is 2.23. The summed E-state index contributed by atoms with van der Waals surface area (Å²) in [4.78, 5) is 8.69. The van der Waals surface area contributed by atoms with Crippen LogP contribution in [0.1, 0.15) is 24.8 Å². The third-order valence-electron chi connectivity index (χ3n) is 2.82. The van der Waals surface area contributed by atoms with Crippen molar-refractivity contribution in [2.24, 2.45) is 0 Å². The zero-order chi connectivity index (χ0) is 12.5. The van der Waals surface area contributed by atoms with Gasteiger partial charge in [-0.2, -0.15) is 4.98 Å². The van der Waals surface area contributed by atoms with E-state index in [-0.39, 0.29) is 6.04 Å². The molecule has 7 heteroatoms. The van der Waals surface area contributed by atoms with E-state index in [2.05, 4.69) is 52.3 Å². The maximum atomic E-state index is 5.29. The molecule has 1 atom stereocenters. The van der Waals surface area contributed by atoms with Gasteiger partial charge in [-0.1, -0.05) is 5.16 Å². The van der Waals surface area contributed by atoms with Crippen molar-refractivity contribution >= 4 is 31.9 Å². The van der Waals surface area contributed by atoms with E-state index in [0.717, 1.165) is 28.3 Å². The molecule has 0 amide bonds. The summed E-state index contributed by atoms with van der Waals surface area (Å²) >= 11 is 6.81. The van der Waals surface area contributed by atoms with E-state index >= 15 is 0 Å². The second kappa shape index (κ2) is 5.07. The van der Waals surface area contributed by atoms with Crippen LogP contribution in [0.3, 0.4) is 0 Å². The van der Waals surface area contributed by atoms with Crippen molar-refractivity contribution < 1.29 is 4.52 Å². The van der Waals surface area contributed by atoms with Gasteiger partial charge in [0, 0.05) is 15.1 Å². The molecule has 5 nitrogen and oxygen atoms in total. The third-order valence-corrected chi connectivity index (χ3v) is 3.86. The van der Waals surface area contributed by atoms with Crippen LogP contribution in [0.5, 0.6) is 0 Å². The quantitative estimate of drug-likeness (QED) is 0.876. The van der Waals surface area contributed by atoms with Gasteiger partial charge in [0.1, 0.15) is 5.69 Å². The lowest BCUT2D eigenvalue weighted by atomic mass is 10.2. The van der Waals surface area contributed by atoms with E-state index in [4.69, 9.17) is 4.52 Å². The fourth-order valence-corrected chi connectivity index (χ4v) is 3.11. The summed E-state index contributed by atoms with van der Waals surface area (Å²) in [5.41, 5.74) is 0.686. The Bertz CT molecular complexity index is 566. The van der Waals surface area contributed by atoms with Gasteiger partial charge >= 0.3 is 0 Å². The Kier molecular flexibility index (Phi) is 3.45. The first-order chi connectivity index (χ1) is 8.74. The molecule has 2 aromatic heterocycles. The zero-order valence-corrected chi connectivity index (χ0v) is 12.5. The molecular formula is C11H10Br2N4O. The molecule has 1 saturated heterocycles. The van der Waals surface area contributed by atoms with Gasteiger partial charge in [0.15, 0.2) is 0 Å². The second-order valence-electron chi connectivity index (χ2n) is 4.09. The molecule has 94 valence electrons. The first-order valence-electron chi connectivity index (χ1n) is 5.62. The molecule has 2 aromatic rings. The van der Waals surface area contributed by atoms with Gasteiger partial charge in [-0.05, 0) is 57.3 Å². The number of hydrogen-bond acceptors (Lipinski definition) is 5. The van der Waals surface area contributed by atoms with E-state index in [1.54, 1.807) is 6.20 Å². The molecular weight excluding hydrogens is 364 g/mol. The van der Waals surface area contributed by atoms with Crippen LogP contribution < -0.4 is 5.32 Å². The van der Waals surface area contributed by atoms with E-state index in [0.29, 0.717) is 17.4 Å². The summed E-state index contributed by atoms with van der Waals surface area (Å²) in [6, 6.07) is 2.09. The molecule has 1 aliphatic heterocycles. The zero-order valence-electron chi connectivity index (χ0n) is 9.36. The molecule has 1 aliphatic rings. The average Bonchev–Trinajstić information content (AvgIpc) is 2.99. The van der Waals surface area contributed by atoms with Crippen LogP contribution in [0.4, 0.5) is 0 Å². The van der Waals surface area contributed by atoms with Crippen molar-refractivity contribution in [3.63, 3.8) is 0 Å². The van der Waals surface area contributed by atoms with Crippen LogP contribution in [0, 0.1) is 0 Å². The van der Waals surface area contributed by atoms with E-state index in [1.165, 1.54) is 0 Å². The Morgan fingerprint density at radius 3 is 3.00 bits per heavy atom. The topological polar surface area (TPSA) is 63.8 Å². The minimum absolute atomic E-state index is 0.181. The lowest BCUT2D eigenvalue weighted by Gasteiger charge is -2.01. The fraction of sp³-hybridized carbons (Fsp3) is 0.364. The van der Waals surface area contributed by atoms with Crippen molar-refractivity contribution in [1.82, 2.24) is 20.4 Å². The maximum absolute atomic E-state index is 5.29. The lowest BCUT2D eigenvalue weighted by molar-refractivity contribution is 0.345. The minimum Gasteiger partial charge on any atom is -0.337 e. The van der Waals surface area contributed by atoms with Crippen molar-refractivity contribution in [1.29, 1.82) is 0 Å². The Morgan fingerprint density at radius 2 is 2.28 bits per heavy atom. The molecule has 1 N–H and O–H groups in total. The first kappa shape index (κ1) is 12.3. The molecule has 0 saturated carbocycles. The summed E-state index contributed by atoms with van der Waals surface area (Å²) in [7, 11) is 0. The number of nitrogens with one attached hydrogen (secondary N) is 1. The molecule has 0 bridgehead atoms. The van der Waals surface area contributed by atoms with Crippen LogP contribution in [0.2, 0.25) is 0 Å². The number of rotatable bonds is 2. The smallest absolute Gasteiger partial charge is 0.244 e. The normalized spacial score (nSPS) is 19.3. The number of halogens is 2. The van der Waals surface area contributed by atoms with E-state index in [9.17, 15) is 0 Å². The molecule has 0 spiro atoms. The highest BCUT2D eigenvalue weighted by molar-refractivity contribution is 9.11. The van der Waals surface area contributed by atoms with Crippen molar-refractivity contribution in [3.8, 4) is 11.5 Å². The Labute approximate surface area is 121 Å². The molecule has 0 aromatic carbocycles. The summed E-state index contributed by atoms with van der Waals surface area (Å²) in [5, 5.41) is 7.31. The van der Waals surface area contributed by atoms with Crippen molar-refractivity contribution in [3.05, 3.63) is 27.1 Å². The Morgan fingerprint density at radius 1 is 1.39 bits per heavy atom. The molecule has 3 rings (SSSR count). The average molecular weight is 374 g/mol. The van der Waals surface area contributed by atoms with E-state index < -0.39 is 0 Å². The monoisotopic (exact) mass is 372 g/mol. The van der Waals surface area contributed by atoms with Gasteiger partial charge in [-0.25, -0.2) is 0 Å². The summed E-state index contributed by atoms with van der Waals surface area (Å²) < 4.78 is 7.03. The molecule has 0 unspecified atom stereocenters. The van der Waals surface area contributed by atoms with Crippen LogP contribution in [0.25, 0.3) is 11.5 Å². The SMILES string of the molecule is Brc1cnc(-c2noc([C@H]3CCCN3)n2)c(Br)c1. The summed E-state index contributed by atoms with van der Waals surface area (Å²) in [6.07, 6.45) is 3.89. The lowest BCUT2D eigenvalue weighted by Crippen LogP contribution is -2.12. The number of hydrogen-bond donors (Lipinski definition) is 1. The number of nitrogens with zero attached hydrogens (tertiary/aromatic N) is 3. The van der Waals surface area contributed by atoms with Crippen molar-refractivity contribution in [2.75, 3.05) is 6.54 Å². The minimum atomic E-state index is 0.181. The third kappa shape index (κ3) is 2.34. The first-order valence-corrected chi connectivity index (χ1v) is 7.21. The number of aromatic nitrogens is 3. The van der Waals surface area contributed by atoms with Gasteiger partial charge in [0.05, 0.1) is 6.04 Å². The standard InChI is InChI=1S/C11H10Br2N4O/c12-6-4-7(13)9(15-5-6)10-16-11(18-17-10)8-2-1-3-14-8/h4-5,8,14H,1-3H2/t8-/m1/s1. The van der Waals surface area contributed by atoms with Crippen LogP contribution >= 0.6 is 31.9 Å². The molecule has 0 aliphatic carbocycles. The largest absolute Gasteiger partial charge is 0.337 e. The van der Waals surface area contributed by atoms with Crippen LogP contribution in [-0.2, 0) is 0 Å². The molecule has 3 heterocycles. The fourth-order valence-electron chi connectivity index (χ4n) is 1.95. The van der Waals surface area contributed by atoms with Gasteiger partial charge in [0.2, 0.25) is 11.7 Å². The van der Waals surface area contributed by atoms with Gasteiger partial charge in [0.25, 0.3) is 0 Å². The molecule has 0 radical (unpaired) electrons. The van der Waals surface area contributed by atoms with Crippen LogP contribution in [0.15, 0.2) is 25.7 Å². The van der Waals surface area contributed by atoms with Crippen LogP contribution in [-0.4, -0.2) is 21.7 Å². The van der Waals surface area contributed by atoms with Gasteiger partial charge in [-0.15, -0.1) is 0 Å².